The molecule has 0 amide bonds. The topological polar surface area (TPSA) is 87.5 Å². The van der Waals surface area contributed by atoms with E-state index in [0.29, 0.717) is 5.82 Å². The summed E-state index contributed by atoms with van der Waals surface area (Å²) in [4.78, 5) is 12.2. The van der Waals surface area contributed by atoms with Crippen molar-refractivity contribution in [3.63, 3.8) is 0 Å². The number of halogens is 5. The lowest BCUT2D eigenvalue weighted by molar-refractivity contribution is -0.261. The van der Waals surface area contributed by atoms with Gasteiger partial charge in [-0.1, -0.05) is 19.9 Å². The molecule has 6 nitrogen and oxygen atoms in total. The van der Waals surface area contributed by atoms with Crippen molar-refractivity contribution in [2.75, 3.05) is 11.9 Å². The van der Waals surface area contributed by atoms with E-state index in [2.05, 4.69) is 20.2 Å². The molecular formula is C22H22F5N3O3. The fourth-order valence-corrected chi connectivity index (χ4v) is 3.90. The highest BCUT2D eigenvalue weighted by Crippen LogP contribution is 2.44. The SMILES string of the molecule is Cc1ncc2c(NCC(O)(CC(C)(C)c3c(F)cccc3OO)C(F)(F)F)cc(F)cc2n1. The molecule has 0 spiro atoms. The van der Waals surface area contributed by atoms with Crippen LogP contribution in [0.5, 0.6) is 5.75 Å². The van der Waals surface area contributed by atoms with E-state index in [1.54, 1.807) is 6.92 Å². The van der Waals surface area contributed by atoms with Crippen LogP contribution >= 0.6 is 0 Å². The Labute approximate surface area is 186 Å². The molecular weight excluding hydrogens is 449 g/mol. The first kappa shape index (κ1) is 24.6. The molecule has 0 saturated carbocycles. The molecule has 1 atom stereocenters. The molecule has 0 aliphatic carbocycles. The number of fused-ring (bicyclic) bond motifs is 1. The van der Waals surface area contributed by atoms with Crippen LogP contribution in [0.1, 0.15) is 31.7 Å². The molecule has 3 aromatic rings. The van der Waals surface area contributed by atoms with Crippen LogP contribution in [-0.4, -0.2) is 38.7 Å². The number of anilines is 1. The van der Waals surface area contributed by atoms with E-state index < -0.39 is 41.8 Å². The van der Waals surface area contributed by atoms with Gasteiger partial charge in [0.05, 0.1) is 12.1 Å². The number of aryl methyl sites for hydroxylation is 1. The second kappa shape index (κ2) is 8.71. The molecule has 2 aromatic carbocycles. The van der Waals surface area contributed by atoms with E-state index >= 15 is 0 Å². The molecule has 11 heteroatoms. The van der Waals surface area contributed by atoms with Crippen molar-refractivity contribution >= 4 is 16.6 Å². The van der Waals surface area contributed by atoms with Gasteiger partial charge in [-0.3, -0.25) is 0 Å². The van der Waals surface area contributed by atoms with E-state index in [1.165, 1.54) is 32.2 Å². The van der Waals surface area contributed by atoms with Crippen LogP contribution in [0.3, 0.4) is 0 Å². The van der Waals surface area contributed by atoms with Crippen LogP contribution in [0.15, 0.2) is 36.5 Å². The number of alkyl halides is 3. The number of nitrogens with one attached hydrogen (secondary N) is 1. The fraction of sp³-hybridized carbons (Fsp3) is 0.364. The van der Waals surface area contributed by atoms with Gasteiger partial charge in [0, 0.05) is 28.9 Å². The lowest BCUT2D eigenvalue weighted by atomic mass is 9.74. The van der Waals surface area contributed by atoms with Crippen LogP contribution in [-0.2, 0) is 5.41 Å². The molecule has 3 N–H and O–H groups in total. The average Bonchev–Trinajstić information content (AvgIpc) is 2.69. The van der Waals surface area contributed by atoms with Gasteiger partial charge in [-0.15, -0.1) is 0 Å². The highest BCUT2D eigenvalue weighted by Gasteiger charge is 2.56. The first-order valence-corrected chi connectivity index (χ1v) is 9.84. The Morgan fingerprint density at radius 2 is 1.82 bits per heavy atom. The molecule has 178 valence electrons. The molecule has 0 radical (unpaired) electrons. The summed E-state index contributed by atoms with van der Waals surface area (Å²) in [5, 5.41) is 22.5. The van der Waals surface area contributed by atoms with E-state index in [1.807, 2.05) is 0 Å². The van der Waals surface area contributed by atoms with Crippen molar-refractivity contribution < 1.29 is 37.2 Å². The summed E-state index contributed by atoms with van der Waals surface area (Å²) in [5.74, 6) is -1.68. The highest BCUT2D eigenvalue weighted by atomic mass is 19.4. The van der Waals surface area contributed by atoms with E-state index in [-0.39, 0.29) is 27.9 Å². The number of hydrogen-bond donors (Lipinski definition) is 3. The van der Waals surface area contributed by atoms with Crippen LogP contribution < -0.4 is 10.2 Å². The van der Waals surface area contributed by atoms with Crippen LogP contribution in [0.2, 0.25) is 0 Å². The van der Waals surface area contributed by atoms with Crippen LogP contribution in [0, 0.1) is 18.6 Å². The Morgan fingerprint density at radius 1 is 1.12 bits per heavy atom. The zero-order valence-electron chi connectivity index (χ0n) is 18.0. The lowest BCUT2D eigenvalue weighted by Gasteiger charge is -2.38. The van der Waals surface area contributed by atoms with Gasteiger partial charge in [-0.2, -0.15) is 13.2 Å². The first-order chi connectivity index (χ1) is 15.3. The molecule has 1 aromatic heterocycles. The summed E-state index contributed by atoms with van der Waals surface area (Å²) in [6, 6.07) is 5.49. The van der Waals surface area contributed by atoms with Crippen molar-refractivity contribution in [2.45, 2.75) is 44.4 Å². The Balaban J connectivity index is 1.98. The third-order valence-electron chi connectivity index (χ3n) is 5.37. The Hall–Kier alpha value is -3.05. The molecule has 0 bridgehead atoms. The summed E-state index contributed by atoms with van der Waals surface area (Å²) in [6.07, 6.45) is -4.81. The zero-order valence-corrected chi connectivity index (χ0v) is 18.0. The van der Waals surface area contributed by atoms with E-state index in [4.69, 9.17) is 5.26 Å². The first-order valence-electron chi connectivity index (χ1n) is 9.84. The smallest absolute Gasteiger partial charge is 0.381 e. The predicted molar refractivity (Wildman–Crippen MR) is 111 cm³/mol. The van der Waals surface area contributed by atoms with Gasteiger partial charge in [0.2, 0.25) is 0 Å². The minimum Gasteiger partial charge on any atom is -0.381 e. The minimum atomic E-state index is -5.14. The summed E-state index contributed by atoms with van der Waals surface area (Å²) in [5.41, 5.74) is -5.21. The molecule has 1 unspecified atom stereocenters. The Kier molecular flexibility index (Phi) is 6.49. The third kappa shape index (κ3) is 4.98. The van der Waals surface area contributed by atoms with Gasteiger partial charge >= 0.3 is 6.18 Å². The molecule has 33 heavy (non-hydrogen) atoms. The van der Waals surface area contributed by atoms with Gasteiger partial charge in [-0.05, 0) is 37.0 Å². The number of aliphatic hydroxyl groups is 1. The highest BCUT2D eigenvalue weighted by molar-refractivity contribution is 5.90. The summed E-state index contributed by atoms with van der Waals surface area (Å²) in [6.45, 7) is 3.06. The standard InChI is InChI=1S/C22H22F5N3O3/c1-12-28-9-14-16(7-13(23)8-17(14)30-12)29-11-21(31,22(25,26)27)10-20(2,3)19-15(24)5-4-6-18(19)33-32/h4-9,29,31-32H,10-11H2,1-3H3. The maximum atomic E-state index is 14.5. The second-order valence-electron chi connectivity index (χ2n) is 8.45. The number of aromatic nitrogens is 2. The monoisotopic (exact) mass is 471 g/mol. The average molecular weight is 471 g/mol. The van der Waals surface area contributed by atoms with Gasteiger partial charge < -0.3 is 15.3 Å². The molecule has 3 rings (SSSR count). The van der Waals surface area contributed by atoms with Crippen molar-refractivity contribution in [3.8, 4) is 5.75 Å². The second-order valence-corrected chi connectivity index (χ2v) is 8.45. The Bertz CT molecular complexity index is 1160. The number of benzene rings is 2. The molecule has 0 saturated heterocycles. The fourth-order valence-electron chi connectivity index (χ4n) is 3.90. The van der Waals surface area contributed by atoms with Gasteiger partial charge in [-0.25, -0.2) is 24.0 Å². The Morgan fingerprint density at radius 3 is 2.45 bits per heavy atom. The molecule has 0 aliphatic rings. The number of rotatable bonds is 7. The maximum absolute atomic E-state index is 14.5. The van der Waals surface area contributed by atoms with Crippen molar-refractivity contribution in [1.29, 1.82) is 0 Å². The largest absolute Gasteiger partial charge is 0.418 e. The van der Waals surface area contributed by atoms with Crippen molar-refractivity contribution in [2.24, 2.45) is 0 Å². The van der Waals surface area contributed by atoms with Crippen LogP contribution in [0.25, 0.3) is 10.9 Å². The lowest BCUT2D eigenvalue weighted by Crippen LogP contribution is -2.54. The summed E-state index contributed by atoms with van der Waals surface area (Å²) in [7, 11) is 0. The third-order valence-corrected chi connectivity index (χ3v) is 5.37. The maximum Gasteiger partial charge on any atom is 0.418 e. The van der Waals surface area contributed by atoms with Gasteiger partial charge in [0.15, 0.2) is 11.4 Å². The van der Waals surface area contributed by atoms with E-state index in [9.17, 15) is 27.1 Å². The molecule has 0 fully saturated rings. The number of nitrogens with zero attached hydrogens (tertiary/aromatic N) is 2. The van der Waals surface area contributed by atoms with Crippen molar-refractivity contribution in [1.82, 2.24) is 9.97 Å². The zero-order chi connectivity index (χ0) is 24.6. The summed E-state index contributed by atoms with van der Waals surface area (Å²) >= 11 is 0. The van der Waals surface area contributed by atoms with Gasteiger partial charge in [0.25, 0.3) is 0 Å². The minimum absolute atomic E-state index is 0.0456. The quantitative estimate of drug-likeness (QED) is 0.251. The predicted octanol–water partition coefficient (Wildman–Crippen LogP) is 5.14. The van der Waals surface area contributed by atoms with E-state index in [0.717, 1.165) is 18.2 Å². The normalized spacial score (nSPS) is 14.2. The number of hydrogen-bond acceptors (Lipinski definition) is 6. The molecule has 0 aliphatic heterocycles. The van der Waals surface area contributed by atoms with Gasteiger partial charge in [0.1, 0.15) is 17.5 Å². The van der Waals surface area contributed by atoms with Crippen LogP contribution in [0.4, 0.5) is 27.6 Å². The summed E-state index contributed by atoms with van der Waals surface area (Å²) < 4.78 is 70.6. The van der Waals surface area contributed by atoms with Crippen molar-refractivity contribution in [3.05, 3.63) is 59.6 Å². The molecule has 1 heterocycles.